The van der Waals surface area contributed by atoms with Crippen molar-refractivity contribution in [1.82, 2.24) is 9.97 Å². The molecular weight excluding hydrogens is 401 g/mol. The van der Waals surface area contributed by atoms with Gasteiger partial charge in [0.05, 0.1) is 0 Å². The zero-order valence-corrected chi connectivity index (χ0v) is 16.9. The van der Waals surface area contributed by atoms with Gasteiger partial charge in [-0.05, 0) is 0 Å². The molecule has 0 saturated heterocycles. The van der Waals surface area contributed by atoms with Crippen LogP contribution in [-0.2, 0) is 4.74 Å². The van der Waals surface area contributed by atoms with E-state index < -0.39 is 0 Å². The molecule has 1 N–H and O–H groups in total. The molecule has 7 nitrogen and oxygen atoms in total. The van der Waals surface area contributed by atoms with E-state index in [2.05, 4.69) is 15.3 Å². The van der Waals surface area contributed by atoms with Gasteiger partial charge < -0.3 is 0 Å². The summed E-state index contributed by atoms with van der Waals surface area (Å²) in [6.45, 7) is 3.82. The van der Waals surface area contributed by atoms with Crippen molar-refractivity contribution in [3.8, 4) is 11.5 Å². The standard InChI is InChI=1S/C18H19N3O4Se/c1-9-12(8-16(26-9)18(22)25-5)21-17-11-6-14(23-3)15(24-4)7-13(11)19-10(2)20-17/h6-8H,1-5H3,(H,19,20,21). The average Bonchev–Trinajstić information content (AvgIpc) is 3.00. The van der Waals surface area contributed by atoms with E-state index in [9.17, 15) is 4.79 Å². The number of ether oxygens (including phenoxy) is 3. The fraction of sp³-hybridized carbons (Fsp3) is 0.278. The second-order valence-corrected chi connectivity index (χ2v) is 8.18. The molecule has 0 fully saturated rings. The van der Waals surface area contributed by atoms with E-state index in [0.29, 0.717) is 27.6 Å². The second kappa shape index (κ2) is 7.35. The van der Waals surface area contributed by atoms with Crippen molar-refractivity contribution >= 4 is 42.9 Å². The number of aryl methyl sites for hydroxylation is 2. The number of hydrogen-bond acceptors (Lipinski definition) is 7. The van der Waals surface area contributed by atoms with E-state index >= 15 is 0 Å². The summed E-state index contributed by atoms with van der Waals surface area (Å²) in [5.41, 5.74) is 1.61. The Morgan fingerprint density at radius 2 is 1.73 bits per heavy atom. The van der Waals surface area contributed by atoms with Crippen LogP contribution in [0.25, 0.3) is 10.9 Å². The van der Waals surface area contributed by atoms with Gasteiger partial charge in [-0.25, -0.2) is 0 Å². The first-order chi connectivity index (χ1) is 12.5. The number of aromatic nitrogens is 2. The van der Waals surface area contributed by atoms with Crippen molar-refractivity contribution in [2.75, 3.05) is 26.6 Å². The quantitative estimate of drug-likeness (QED) is 0.502. The summed E-state index contributed by atoms with van der Waals surface area (Å²) >= 11 is -0.0613. The van der Waals surface area contributed by atoms with Crippen molar-refractivity contribution in [1.29, 1.82) is 0 Å². The molecule has 3 rings (SSSR count). The zero-order valence-electron chi connectivity index (χ0n) is 15.2. The molecular formula is C18H19N3O4Se. The van der Waals surface area contributed by atoms with E-state index in [0.717, 1.165) is 21.0 Å². The van der Waals surface area contributed by atoms with Gasteiger partial charge in [-0.15, -0.1) is 0 Å². The summed E-state index contributed by atoms with van der Waals surface area (Å²) in [5, 5.41) is 4.14. The van der Waals surface area contributed by atoms with Gasteiger partial charge in [-0.3, -0.25) is 0 Å². The Labute approximate surface area is 157 Å². The van der Waals surface area contributed by atoms with Gasteiger partial charge in [0.25, 0.3) is 0 Å². The van der Waals surface area contributed by atoms with Crippen LogP contribution in [0.2, 0.25) is 0 Å². The van der Waals surface area contributed by atoms with E-state index in [-0.39, 0.29) is 20.5 Å². The molecule has 0 spiro atoms. The maximum absolute atomic E-state index is 11.8. The van der Waals surface area contributed by atoms with Gasteiger partial charge in [0.1, 0.15) is 0 Å². The topological polar surface area (TPSA) is 82.6 Å². The number of hydrogen-bond donors (Lipinski definition) is 1. The first-order valence-corrected chi connectivity index (χ1v) is 9.54. The minimum absolute atomic E-state index is 0.0613. The van der Waals surface area contributed by atoms with Gasteiger partial charge in [-0.2, -0.15) is 0 Å². The molecule has 2 heterocycles. The van der Waals surface area contributed by atoms with E-state index in [1.165, 1.54) is 7.11 Å². The molecule has 136 valence electrons. The van der Waals surface area contributed by atoms with Gasteiger partial charge in [0.15, 0.2) is 0 Å². The van der Waals surface area contributed by atoms with Crippen LogP contribution in [0.15, 0.2) is 18.2 Å². The Bertz CT molecular complexity index is 984. The molecule has 0 aliphatic heterocycles. The molecule has 0 saturated carbocycles. The normalized spacial score (nSPS) is 10.7. The molecule has 0 bridgehead atoms. The van der Waals surface area contributed by atoms with Crippen LogP contribution >= 0.6 is 0 Å². The minimum atomic E-state index is -0.295. The Balaban J connectivity index is 2.10. The number of nitrogens with one attached hydrogen (secondary N) is 1. The number of fused-ring (bicyclic) bond motifs is 1. The number of esters is 1. The maximum atomic E-state index is 11.8. The fourth-order valence-corrected chi connectivity index (χ4v) is 4.48. The molecule has 0 radical (unpaired) electrons. The molecule has 0 aliphatic rings. The summed E-state index contributed by atoms with van der Waals surface area (Å²) in [6, 6.07) is 5.49. The Morgan fingerprint density at radius 3 is 2.38 bits per heavy atom. The Hall–Kier alpha value is -2.57. The first kappa shape index (κ1) is 18.2. The molecule has 1 aromatic carbocycles. The number of methoxy groups -OCH3 is 3. The fourth-order valence-electron chi connectivity index (χ4n) is 2.60. The molecule has 8 heteroatoms. The van der Waals surface area contributed by atoms with Crippen LogP contribution in [0.3, 0.4) is 0 Å². The Kier molecular flexibility index (Phi) is 5.15. The monoisotopic (exact) mass is 421 g/mol. The van der Waals surface area contributed by atoms with Crippen molar-refractivity contribution in [2.45, 2.75) is 13.8 Å². The summed E-state index contributed by atoms with van der Waals surface area (Å²) < 4.78 is 17.3. The predicted molar refractivity (Wildman–Crippen MR) is 100 cm³/mol. The summed E-state index contributed by atoms with van der Waals surface area (Å²) in [4.78, 5) is 20.8. The molecule has 0 aliphatic carbocycles. The van der Waals surface area contributed by atoms with E-state index in [1.807, 2.05) is 32.0 Å². The molecule has 3 aromatic rings. The van der Waals surface area contributed by atoms with Crippen LogP contribution in [0.1, 0.15) is 19.5 Å². The van der Waals surface area contributed by atoms with Gasteiger partial charge in [0, 0.05) is 0 Å². The van der Waals surface area contributed by atoms with Crippen molar-refractivity contribution in [3.05, 3.63) is 32.9 Å². The molecule has 0 atom stereocenters. The predicted octanol–water partition coefficient (Wildman–Crippen LogP) is 2.85. The second-order valence-electron chi connectivity index (χ2n) is 5.54. The number of benzene rings is 1. The van der Waals surface area contributed by atoms with Crippen molar-refractivity contribution < 1.29 is 19.0 Å². The third-order valence-corrected chi connectivity index (χ3v) is 6.03. The third kappa shape index (κ3) is 3.38. The SMILES string of the molecule is COC(=O)c1cc(Nc2nc(C)nc3cc(OC)c(OC)cc23)c(C)[se]1. The zero-order chi connectivity index (χ0) is 18.8. The van der Waals surface area contributed by atoms with Crippen LogP contribution in [0, 0.1) is 13.8 Å². The summed E-state index contributed by atoms with van der Waals surface area (Å²) in [5.74, 6) is 2.20. The molecule has 2 aromatic heterocycles. The number of carbonyl (C=O) groups is 1. The van der Waals surface area contributed by atoms with Gasteiger partial charge >= 0.3 is 157 Å². The van der Waals surface area contributed by atoms with E-state index in [4.69, 9.17) is 14.2 Å². The van der Waals surface area contributed by atoms with Gasteiger partial charge in [-0.1, -0.05) is 0 Å². The van der Waals surface area contributed by atoms with Crippen LogP contribution in [0.4, 0.5) is 11.5 Å². The first-order valence-electron chi connectivity index (χ1n) is 7.83. The van der Waals surface area contributed by atoms with Gasteiger partial charge in [0.2, 0.25) is 0 Å². The van der Waals surface area contributed by atoms with Crippen LogP contribution in [0.5, 0.6) is 11.5 Å². The van der Waals surface area contributed by atoms with Crippen molar-refractivity contribution in [3.63, 3.8) is 0 Å². The number of nitrogens with zero attached hydrogens (tertiary/aromatic N) is 2. The summed E-state index contributed by atoms with van der Waals surface area (Å²) in [7, 11) is 4.56. The van der Waals surface area contributed by atoms with Crippen molar-refractivity contribution in [2.24, 2.45) is 0 Å². The molecule has 0 amide bonds. The van der Waals surface area contributed by atoms with E-state index in [1.54, 1.807) is 14.2 Å². The molecule has 26 heavy (non-hydrogen) atoms. The van der Waals surface area contributed by atoms with Crippen LogP contribution < -0.4 is 14.8 Å². The van der Waals surface area contributed by atoms with Crippen LogP contribution in [-0.4, -0.2) is 51.8 Å². The molecule has 0 unspecified atom stereocenters. The summed E-state index contributed by atoms with van der Waals surface area (Å²) in [6.07, 6.45) is 0. The number of anilines is 2. The number of carbonyl (C=O) groups excluding carboxylic acids is 1. The third-order valence-electron chi connectivity index (χ3n) is 3.87. The number of rotatable bonds is 5. The average molecular weight is 420 g/mol. The Morgan fingerprint density at radius 1 is 1.04 bits per heavy atom.